The predicted molar refractivity (Wildman–Crippen MR) is 79.9 cm³/mol. The van der Waals surface area contributed by atoms with Gasteiger partial charge in [-0.3, -0.25) is 0 Å². The van der Waals surface area contributed by atoms with Crippen molar-refractivity contribution in [2.75, 3.05) is 5.73 Å². The third-order valence-electron chi connectivity index (χ3n) is 5.35. The molecular weight excluding hydrogens is 264 g/mol. The zero-order valence-electron chi connectivity index (χ0n) is 12.5. The fourth-order valence-electron chi connectivity index (χ4n) is 4.22. The molecule has 1 aromatic heterocycles. The lowest BCUT2D eigenvalue weighted by Gasteiger charge is -2.19. The van der Waals surface area contributed by atoms with Crippen LogP contribution in [0.4, 0.5) is 5.95 Å². The van der Waals surface area contributed by atoms with Crippen molar-refractivity contribution in [2.45, 2.75) is 81.8 Å². The number of rotatable bonds is 2. The number of aromatic nitrogens is 3. The van der Waals surface area contributed by atoms with Crippen LogP contribution in [0, 0.1) is 0 Å². The lowest BCUT2D eigenvalue weighted by atomic mass is 9.88. The van der Waals surface area contributed by atoms with Crippen LogP contribution in [0.3, 0.4) is 0 Å². The maximum Gasteiger partial charge on any atom is 0.223 e. The molecule has 2 N–H and O–H groups in total. The molecule has 1 saturated carbocycles. The van der Waals surface area contributed by atoms with Crippen molar-refractivity contribution in [3.8, 4) is 0 Å². The highest BCUT2D eigenvalue weighted by Crippen LogP contribution is 2.43. The van der Waals surface area contributed by atoms with Gasteiger partial charge < -0.3 is 10.5 Å². The van der Waals surface area contributed by atoms with Crippen molar-refractivity contribution < 1.29 is 4.74 Å². The van der Waals surface area contributed by atoms with E-state index in [1.807, 2.05) is 0 Å². The Kier molecular flexibility index (Phi) is 3.53. The number of nitrogen functional groups attached to an aromatic ring is 1. The average molecular weight is 288 g/mol. The number of nitrogens with zero attached hydrogens (tertiary/aromatic N) is 3. The van der Waals surface area contributed by atoms with Crippen LogP contribution in [0.1, 0.15) is 81.3 Å². The summed E-state index contributed by atoms with van der Waals surface area (Å²) in [5.74, 6) is 3.01. The molecule has 0 radical (unpaired) electrons. The van der Waals surface area contributed by atoms with E-state index in [-0.39, 0.29) is 0 Å². The Morgan fingerprint density at radius 2 is 1.62 bits per heavy atom. The SMILES string of the molecule is Nc1nc(C2CCCCCC2)nc(C2CC3CCC2O3)n1. The Bertz CT molecular complexity index is 513. The van der Waals surface area contributed by atoms with E-state index in [1.54, 1.807) is 0 Å². The third-order valence-corrected chi connectivity index (χ3v) is 5.35. The maximum absolute atomic E-state index is 5.97. The Balaban J connectivity index is 1.60. The van der Waals surface area contributed by atoms with Gasteiger partial charge in [-0.05, 0) is 32.1 Å². The molecule has 3 heterocycles. The molecule has 3 fully saturated rings. The second kappa shape index (κ2) is 5.52. The molecule has 114 valence electrons. The van der Waals surface area contributed by atoms with Gasteiger partial charge in [-0.1, -0.05) is 25.7 Å². The van der Waals surface area contributed by atoms with Crippen LogP contribution in [0.25, 0.3) is 0 Å². The Morgan fingerprint density at radius 1 is 0.857 bits per heavy atom. The standard InChI is InChI=1S/C16H24N4O/c17-16-19-14(10-5-3-1-2-4-6-10)18-15(20-16)12-9-11-7-8-13(12)21-11/h10-13H,1-9H2,(H2,17,18,19,20). The first kappa shape index (κ1) is 13.4. The van der Waals surface area contributed by atoms with Gasteiger partial charge in [0.25, 0.3) is 0 Å². The van der Waals surface area contributed by atoms with E-state index in [1.165, 1.54) is 44.9 Å². The van der Waals surface area contributed by atoms with E-state index in [2.05, 4.69) is 9.97 Å². The van der Waals surface area contributed by atoms with Crippen molar-refractivity contribution in [1.82, 2.24) is 15.0 Å². The van der Waals surface area contributed by atoms with Gasteiger partial charge in [0.05, 0.1) is 12.2 Å². The van der Waals surface area contributed by atoms with E-state index < -0.39 is 0 Å². The molecule has 5 heteroatoms. The normalized spacial score (nSPS) is 33.2. The molecular formula is C16H24N4O. The number of fused-ring (bicyclic) bond motifs is 2. The summed E-state index contributed by atoms with van der Waals surface area (Å²) >= 11 is 0. The second-order valence-corrected chi connectivity index (χ2v) is 6.81. The minimum atomic E-state index is 0.304. The number of anilines is 1. The monoisotopic (exact) mass is 288 g/mol. The second-order valence-electron chi connectivity index (χ2n) is 6.81. The highest BCUT2D eigenvalue weighted by molar-refractivity contribution is 5.21. The van der Waals surface area contributed by atoms with E-state index in [9.17, 15) is 0 Å². The Morgan fingerprint density at radius 3 is 2.29 bits per heavy atom. The quantitative estimate of drug-likeness (QED) is 0.847. The fourth-order valence-corrected chi connectivity index (χ4v) is 4.22. The number of ether oxygens (including phenoxy) is 1. The molecule has 4 rings (SSSR count). The lowest BCUT2D eigenvalue weighted by molar-refractivity contribution is 0.0998. The minimum absolute atomic E-state index is 0.304. The first-order valence-corrected chi connectivity index (χ1v) is 8.46. The van der Waals surface area contributed by atoms with Crippen LogP contribution in [-0.2, 0) is 4.74 Å². The van der Waals surface area contributed by atoms with E-state index in [0.29, 0.717) is 30.0 Å². The molecule has 5 nitrogen and oxygen atoms in total. The maximum atomic E-state index is 5.97. The van der Waals surface area contributed by atoms with Crippen molar-refractivity contribution >= 4 is 5.95 Å². The van der Waals surface area contributed by atoms with Crippen molar-refractivity contribution in [3.05, 3.63) is 11.6 Å². The first-order chi connectivity index (χ1) is 10.3. The summed E-state index contributed by atoms with van der Waals surface area (Å²) in [6.07, 6.45) is 11.7. The average Bonchev–Trinajstić information content (AvgIpc) is 3.01. The van der Waals surface area contributed by atoms with Crippen LogP contribution in [-0.4, -0.2) is 27.2 Å². The van der Waals surface area contributed by atoms with Gasteiger partial charge in [0.1, 0.15) is 11.6 Å². The molecule has 0 amide bonds. The van der Waals surface area contributed by atoms with Gasteiger partial charge in [-0.2, -0.15) is 9.97 Å². The summed E-state index contributed by atoms with van der Waals surface area (Å²) < 4.78 is 5.94. The fraction of sp³-hybridized carbons (Fsp3) is 0.812. The number of hydrogen-bond donors (Lipinski definition) is 1. The number of nitrogens with two attached hydrogens (primary N) is 1. The topological polar surface area (TPSA) is 73.9 Å². The Hall–Kier alpha value is -1.23. The lowest BCUT2D eigenvalue weighted by Crippen LogP contribution is -2.20. The molecule has 3 aliphatic rings. The molecule has 1 aromatic rings. The summed E-state index contributed by atoms with van der Waals surface area (Å²) in [4.78, 5) is 13.7. The van der Waals surface area contributed by atoms with Gasteiger partial charge in [0, 0.05) is 11.8 Å². The number of hydrogen-bond acceptors (Lipinski definition) is 5. The summed E-state index contributed by atoms with van der Waals surface area (Å²) in [5.41, 5.74) is 5.97. The smallest absolute Gasteiger partial charge is 0.223 e. The summed E-state index contributed by atoms with van der Waals surface area (Å²) in [7, 11) is 0. The molecule has 2 bridgehead atoms. The predicted octanol–water partition coefficient (Wildman–Crippen LogP) is 2.93. The van der Waals surface area contributed by atoms with Crippen molar-refractivity contribution in [3.63, 3.8) is 0 Å². The van der Waals surface area contributed by atoms with Gasteiger partial charge in [-0.15, -0.1) is 0 Å². The van der Waals surface area contributed by atoms with E-state index in [4.69, 9.17) is 15.5 Å². The highest BCUT2D eigenvalue weighted by atomic mass is 16.5. The van der Waals surface area contributed by atoms with Crippen LogP contribution in [0.5, 0.6) is 0 Å². The van der Waals surface area contributed by atoms with Crippen LogP contribution >= 0.6 is 0 Å². The summed E-state index contributed by atoms with van der Waals surface area (Å²) in [6.45, 7) is 0. The highest BCUT2D eigenvalue weighted by Gasteiger charge is 2.43. The first-order valence-electron chi connectivity index (χ1n) is 8.46. The molecule has 1 aliphatic carbocycles. The van der Waals surface area contributed by atoms with Gasteiger partial charge in [0.15, 0.2) is 0 Å². The zero-order valence-corrected chi connectivity index (χ0v) is 12.5. The Labute approximate surface area is 125 Å². The largest absolute Gasteiger partial charge is 0.374 e. The summed E-state index contributed by atoms with van der Waals surface area (Å²) in [5, 5.41) is 0. The molecule has 2 saturated heterocycles. The zero-order chi connectivity index (χ0) is 14.2. The van der Waals surface area contributed by atoms with Crippen LogP contribution in [0.15, 0.2) is 0 Å². The van der Waals surface area contributed by atoms with Crippen molar-refractivity contribution in [2.24, 2.45) is 0 Å². The molecule has 3 atom stereocenters. The van der Waals surface area contributed by atoms with Crippen LogP contribution < -0.4 is 5.73 Å². The van der Waals surface area contributed by atoms with Gasteiger partial charge in [0.2, 0.25) is 5.95 Å². The van der Waals surface area contributed by atoms with E-state index >= 15 is 0 Å². The molecule has 2 aliphatic heterocycles. The van der Waals surface area contributed by atoms with Gasteiger partial charge >= 0.3 is 0 Å². The van der Waals surface area contributed by atoms with E-state index in [0.717, 1.165) is 24.5 Å². The van der Waals surface area contributed by atoms with Crippen LogP contribution in [0.2, 0.25) is 0 Å². The molecule has 0 aromatic carbocycles. The summed E-state index contributed by atoms with van der Waals surface area (Å²) in [6, 6.07) is 0. The van der Waals surface area contributed by atoms with Crippen molar-refractivity contribution in [1.29, 1.82) is 0 Å². The third kappa shape index (κ3) is 2.63. The minimum Gasteiger partial charge on any atom is -0.374 e. The van der Waals surface area contributed by atoms with Gasteiger partial charge in [-0.25, -0.2) is 4.98 Å². The molecule has 3 unspecified atom stereocenters. The molecule has 0 spiro atoms. The molecule has 21 heavy (non-hydrogen) atoms.